The molecule has 2 heteroatoms. The van der Waals surface area contributed by atoms with Crippen LogP contribution in [0.25, 0.3) is 0 Å². The van der Waals surface area contributed by atoms with E-state index in [0.717, 1.165) is 12.8 Å². The Labute approximate surface area is 66.2 Å². The molecule has 0 unspecified atom stereocenters. The number of halogens is 2. The van der Waals surface area contributed by atoms with E-state index in [2.05, 4.69) is 6.92 Å². The van der Waals surface area contributed by atoms with Crippen LogP contribution in [0.5, 0.6) is 0 Å². The summed E-state index contributed by atoms with van der Waals surface area (Å²) in [5.41, 5.74) is 0. The Balaban J connectivity index is 3.35. The van der Waals surface area contributed by atoms with E-state index in [9.17, 15) is 0 Å². The van der Waals surface area contributed by atoms with Crippen LogP contribution in [0.4, 0.5) is 0 Å². The van der Waals surface area contributed by atoms with Gasteiger partial charge in [0.25, 0.3) is 0 Å². The van der Waals surface area contributed by atoms with Gasteiger partial charge in [0.1, 0.15) is 4.49 Å². The second-order valence-corrected chi connectivity index (χ2v) is 2.68. The van der Waals surface area contributed by atoms with Crippen molar-refractivity contribution in [1.82, 2.24) is 0 Å². The monoisotopic (exact) mass is 164 g/mol. The molecule has 0 aliphatic heterocycles. The van der Waals surface area contributed by atoms with Gasteiger partial charge < -0.3 is 0 Å². The summed E-state index contributed by atoms with van der Waals surface area (Å²) in [4.78, 5) is 0. The van der Waals surface area contributed by atoms with Crippen molar-refractivity contribution < 1.29 is 0 Å². The molecule has 0 bridgehead atoms. The minimum absolute atomic E-state index is 0.308. The topological polar surface area (TPSA) is 0 Å². The molecular formula is C7H10Cl2. The van der Waals surface area contributed by atoms with Gasteiger partial charge >= 0.3 is 0 Å². The fourth-order valence-corrected chi connectivity index (χ4v) is 0.549. The number of unbranched alkanes of at least 4 members (excludes halogenated alkanes) is 1. The van der Waals surface area contributed by atoms with E-state index in [-0.39, 0.29) is 0 Å². The summed E-state index contributed by atoms with van der Waals surface area (Å²) in [5.74, 6) is 0. The van der Waals surface area contributed by atoms with Crippen LogP contribution in [0.2, 0.25) is 0 Å². The van der Waals surface area contributed by atoms with Crippen LogP contribution in [-0.4, -0.2) is 0 Å². The molecule has 0 atom stereocenters. The largest absolute Gasteiger partial charge is 0.106 e. The van der Waals surface area contributed by atoms with Crippen molar-refractivity contribution in [2.24, 2.45) is 0 Å². The predicted octanol–water partition coefficient (Wildman–Crippen LogP) is 3.66. The van der Waals surface area contributed by atoms with Crippen molar-refractivity contribution in [1.29, 1.82) is 0 Å². The first-order valence-corrected chi connectivity index (χ1v) is 3.70. The van der Waals surface area contributed by atoms with Crippen LogP contribution in [-0.2, 0) is 0 Å². The van der Waals surface area contributed by atoms with E-state index in [1.807, 2.05) is 12.2 Å². The highest BCUT2D eigenvalue weighted by atomic mass is 35.5. The van der Waals surface area contributed by atoms with Crippen molar-refractivity contribution in [2.45, 2.75) is 19.8 Å². The Morgan fingerprint density at radius 2 is 2.11 bits per heavy atom. The van der Waals surface area contributed by atoms with E-state index in [1.54, 1.807) is 6.08 Å². The Bertz CT molecular complexity index is 110. The van der Waals surface area contributed by atoms with Gasteiger partial charge in [-0.15, -0.1) is 0 Å². The Hall–Kier alpha value is 0.0600. The second-order valence-electron chi connectivity index (χ2n) is 1.67. The lowest BCUT2D eigenvalue weighted by Crippen LogP contribution is -1.58. The summed E-state index contributed by atoms with van der Waals surface area (Å²) < 4.78 is 0.308. The molecule has 0 rings (SSSR count). The maximum absolute atomic E-state index is 5.33. The standard InChI is InChI=1S/C7H10Cl2/c1-2-3-4-5-6-7(8)9/h4-6H,2-3H2,1H3/b5-4+. The molecule has 0 saturated carbocycles. The smallest absolute Gasteiger partial charge is 0.0845 e. The highest BCUT2D eigenvalue weighted by Crippen LogP contribution is 2.05. The molecule has 0 spiro atoms. The molecule has 0 radical (unpaired) electrons. The Morgan fingerprint density at radius 3 is 2.56 bits per heavy atom. The first kappa shape index (κ1) is 9.06. The molecule has 0 saturated heterocycles. The maximum atomic E-state index is 5.33. The van der Waals surface area contributed by atoms with Crippen LogP contribution >= 0.6 is 23.2 Å². The minimum Gasteiger partial charge on any atom is -0.0845 e. The first-order valence-electron chi connectivity index (χ1n) is 2.95. The molecular weight excluding hydrogens is 155 g/mol. The van der Waals surface area contributed by atoms with Gasteiger partial charge in [-0.1, -0.05) is 48.7 Å². The number of hydrogen-bond acceptors (Lipinski definition) is 0. The van der Waals surface area contributed by atoms with E-state index in [1.165, 1.54) is 0 Å². The molecule has 52 valence electrons. The summed E-state index contributed by atoms with van der Waals surface area (Å²) in [6, 6.07) is 0. The molecule has 0 aromatic heterocycles. The third kappa shape index (κ3) is 8.06. The van der Waals surface area contributed by atoms with E-state index in [0.29, 0.717) is 4.49 Å². The minimum atomic E-state index is 0.308. The van der Waals surface area contributed by atoms with Crippen LogP contribution in [0.15, 0.2) is 22.7 Å². The summed E-state index contributed by atoms with van der Waals surface area (Å²) in [6.45, 7) is 2.12. The summed E-state index contributed by atoms with van der Waals surface area (Å²) in [7, 11) is 0. The van der Waals surface area contributed by atoms with Gasteiger partial charge in [-0.25, -0.2) is 0 Å². The van der Waals surface area contributed by atoms with Crippen molar-refractivity contribution >= 4 is 23.2 Å². The van der Waals surface area contributed by atoms with E-state index < -0.39 is 0 Å². The molecule has 0 aliphatic carbocycles. The molecule has 0 amide bonds. The van der Waals surface area contributed by atoms with E-state index >= 15 is 0 Å². The quantitative estimate of drug-likeness (QED) is 0.559. The van der Waals surface area contributed by atoms with Gasteiger partial charge in [0.15, 0.2) is 0 Å². The third-order valence-corrected chi connectivity index (χ3v) is 1.07. The molecule has 0 nitrogen and oxygen atoms in total. The van der Waals surface area contributed by atoms with Gasteiger partial charge in [-0.05, 0) is 12.5 Å². The third-order valence-electron chi connectivity index (χ3n) is 0.814. The van der Waals surface area contributed by atoms with Gasteiger partial charge in [-0.2, -0.15) is 0 Å². The number of hydrogen-bond donors (Lipinski definition) is 0. The highest BCUT2D eigenvalue weighted by molar-refractivity contribution is 6.55. The van der Waals surface area contributed by atoms with Crippen LogP contribution in [0, 0.1) is 0 Å². The summed E-state index contributed by atoms with van der Waals surface area (Å²) in [6.07, 6.45) is 7.80. The molecule has 0 aromatic rings. The average Bonchev–Trinajstić information content (AvgIpc) is 1.80. The first-order chi connectivity index (χ1) is 4.27. The zero-order chi connectivity index (χ0) is 7.11. The normalized spacial score (nSPS) is 10.1. The van der Waals surface area contributed by atoms with Crippen LogP contribution < -0.4 is 0 Å². The zero-order valence-corrected chi connectivity index (χ0v) is 6.91. The molecule has 0 N–H and O–H groups in total. The maximum Gasteiger partial charge on any atom is 0.106 e. The van der Waals surface area contributed by atoms with Crippen LogP contribution in [0.1, 0.15) is 19.8 Å². The van der Waals surface area contributed by atoms with Gasteiger partial charge in [-0.3, -0.25) is 0 Å². The molecule has 0 aliphatic rings. The van der Waals surface area contributed by atoms with Gasteiger partial charge in [0, 0.05) is 0 Å². The average molecular weight is 165 g/mol. The molecule has 0 fully saturated rings. The second kappa shape index (κ2) is 6.18. The van der Waals surface area contributed by atoms with Crippen molar-refractivity contribution in [2.75, 3.05) is 0 Å². The molecule has 0 aromatic carbocycles. The molecule has 9 heavy (non-hydrogen) atoms. The number of allylic oxidation sites excluding steroid dienone is 3. The lowest BCUT2D eigenvalue weighted by atomic mass is 10.3. The molecule has 0 heterocycles. The predicted molar refractivity (Wildman–Crippen MR) is 43.8 cm³/mol. The van der Waals surface area contributed by atoms with Crippen LogP contribution in [0.3, 0.4) is 0 Å². The zero-order valence-electron chi connectivity index (χ0n) is 5.40. The van der Waals surface area contributed by atoms with Crippen molar-refractivity contribution in [3.05, 3.63) is 22.7 Å². The van der Waals surface area contributed by atoms with Crippen molar-refractivity contribution in [3.63, 3.8) is 0 Å². The fourth-order valence-electron chi connectivity index (χ4n) is 0.404. The van der Waals surface area contributed by atoms with Crippen molar-refractivity contribution in [3.8, 4) is 0 Å². The Morgan fingerprint density at radius 1 is 1.44 bits per heavy atom. The lowest BCUT2D eigenvalue weighted by Gasteiger charge is -1.80. The van der Waals surface area contributed by atoms with E-state index in [4.69, 9.17) is 23.2 Å². The lowest BCUT2D eigenvalue weighted by molar-refractivity contribution is 0.959. The highest BCUT2D eigenvalue weighted by Gasteiger charge is 1.75. The van der Waals surface area contributed by atoms with Gasteiger partial charge in [0.05, 0.1) is 0 Å². The SMILES string of the molecule is CCC/C=C/C=C(Cl)Cl. The fraction of sp³-hybridized carbons (Fsp3) is 0.429. The Kier molecular flexibility index (Phi) is 6.23. The summed E-state index contributed by atoms with van der Waals surface area (Å²) >= 11 is 10.7. The summed E-state index contributed by atoms with van der Waals surface area (Å²) in [5, 5.41) is 0. The number of rotatable bonds is 3. The van der Waals surface area contributed by atoms with Gasteiger partial charge in [0.2, 0.25) is 0 Å².